The second-order valence-corrected chi connectivity index (χ2v) is 9.00. The van der Waals surface area contributed by atoms with Crippen molar-refractivity contribution in [1.82, 2.24) is 4.98 Å². The summed E-state index contributed by atoms with van der Waals surface area (Å²) in [4.78, 5) is 17.0. The molecule has 33 heavy (non-hydrogen) atoms. The number of hydrogen-bond acceptors (Lipinski definition) is 4. The van der Waals surface area contributed by atoms with E-state index in [0.717, 1.165) is 27.6 Å². The van der Waals surface area contributed by atoms with Crippen molar-refractivity contribution >= 4 is 34.0 Å². The number of nitrogens with two attached hydrogens (primary N) is 1. The molecule has 6 heteroatoms. The first-order valence-corrected chi connectivity index (χ1v) is 10.8. The minimum atomic E-state index is -0.296. The van der Waals surface area contributed by atoms with E-state index < -0.39 is 0 Å². The molecule has 168 valence electrons. The van der Waals surface area contributed by atoms with E-state index in [1.54, 1.807) is 18.3 Å². The summed E-state index contributed by atoms with van der Waals surface area (Å²) in [6, 6.07) is 20.6. The maximum absolute atomic E-state index is 13.0. The number of fused-ring (bicyclic) bond motifs is 1. The number of benzene rings is 3. The Morgan fingerprint density at radius 1 is 0.939 bits per heavy atom. The first kappa shape index (κ1) is 22.1. The standard InChI is InChI=1S/C27H28N4O2/c1-17-8-7-11-21(27(2,3)4)25(17)31-26(32)30-22-12-13-23(20-10-6-5-9-19(20)22)33-18-14-15-29-24(28)16-18/h5-16H,1-4H3,(H2,28,29)(H2,30,31,32). The molecule has 0 bridgehead atoms. The molecule has 1 aromatic heterocycles. The number of nitrogens with zero attached hydrogens (tertiary/aromatic N) is 1. The van der Waals surface area contributed by atoms with Crippen molar-refractivity contribution in [2.75, 3.05) is 16.4 Å². The molecule has 0 radical (unpaired) electrons. The van der Waals surface area contributed by atoms with Gasteiger partial charge in [-0.05, 0) is 41.7 Å². The average Bonchev–Trinajstić information content (AvgIpc) is 2.76. The van der Waals surface area contributed by atoms with Crippen molar-refractivity contribution in [2.45, 2.75) is 33.1 Å². The first-order valence-electron chi connectivity index (χ1n) is 10.8. The highest BCUT2D eigenvalue weighted by molar-refractivity contribution is 6.08. The molecule has 0 aliphatic carbocycles. The largest absolute Gasteiger partial charge is 0.457 e. The molecule has 0 aliphatic rings. The van der Waals surface area contributed by atoms with Crippen LogP contribution in [0.4, 0.5) is 22.0 Å². The van der Waals surface area contributed by atoms with Gasteiger partial charge in [-0.25, -0.2) is 9.78 Å². The molecule has 4 N–H and O–H groups in total. The monoisotopic (exact) mass is 440 g/mol. The molecule has 1 heterocycles. The van der Waals surface area contributed by atoms with Crippen LogP contribution in [0.5, 0.6) is 11.5 Å². The van der Waals surface area contributed by atoms with Gasteiger partial charge in [-0.3, -0.25) is 0 Å². The van der Waals surface area contributed by atoms with Crippen LogP contribution in [-0.2, 0) is 5.41 Å². The predicted molar refractivity (Wildman–Crippen MR) is 135 cm³/mol. The van der Waals surface area contributed by atoms with Crippen LogP contribution >= 0.6 is 0 Å². The number of pyridine rings is 1. The number of carbonyl (C=O) groups excluding carboxylic acids is 1. The number of nitrogen functional groups attached to an aromatic ring is 1. The Bertz CT molecular complexity index is 1330. The van der Waals surface area contributed by atoms with Gasteiger partial charge in [-0.1, -0.05) is 63.2 Å². The topological polar surface area (TPSA) is 89.3 Å². The molecule has 0 saturated carbocycles. The van der Waals surface area contributed by atoms with E-state index in [1.165, 1.54) is 0 Å². The van der Waals surface area contributed by atoms with Crippen molar-refractivity contribution < 1.29 is 9.53 Å². The molecule has 2 amide bonds. The van der Waals surface area contributed by atoms with E-state index in [0.29, 0.717) is 23.0 Å². The summed E-state index contributed by atoms with van der Waals surface area (Å²) in [5, 5.41) is 7.80. The van der Waals surface area contributed by atoms with Crippen LogP contribution in [0, 0.1) is 6.92 Å². The first-order chi connectivity index (χ1) is 15.7. The highest BCUT2D eigenvalue weighted by Crippen LogP contribution is 2.35. The van der Waals surface area contributed by atoms with Gasteiger partial charge in [-0.15, -0.1) is 0 Å². The zero-order valence-electron chi connectivity index (χ0n) is 19.3. The molecule has 4 rings (SSSR count). The molecule has 6 nitrogen and oxygen atoms in total. The lowest BCUT2D eigenvalue weighted by atomic mass is 9.84. The zero-order chi connectivity index (χ0) is 23.6. The van der Waals surface area contributed by atoms with Crippen molar-refractivity contribution in [1.29, 1.82) is 0 Å². The van der Waals surface area contributed by atoms with E-state index in [9.17, 15) is 4.79 Å². The van der Waals surface area contributed by atoms with Gasteiger partial charge in [0.25, 0.3) is 0 Å². The fourth-order valence-electron chi connectivity index (χ4n) is 3.81. The third kappa shape index (κ3) is 4.90. The Morgan fingerprint density at radius 2 is 1.70 bits per heavy atom. The summed E-state index contributed by atoms with van der Waals surface area (Å²) in [5.41, 5.74) is 9.30. The Balaban J connectivity index is 1.62. The number of hydrogen-bond donors (Lipinski definition) is 3. The number of aromatic nitrogens is 1. The van der Waals surface area contributed by atoms with Gasteiger partial charge < -0.3 is 21.1 Å². The van der Waals surface area contributed by atoms with Crippen molar-refractivity contribution in [3.63, 3.8) is 0 Å². The van der Waals surface area contributed by atoms with Crippen LogP contribution in [0.25, 0.3) is 10.8 Å². The molecular formula is C27H28N4O2. The van der Waals surface area contributed by atoms with Gasteiger partial charge in [0.05, 0.1) is 5.69 Å². The van der Waals surface area contributed by atoms with Crippen LogP contribution in [0.1, 0.15) is 31.9 Å². The van der Waals surface area contributed by atoms with Crippen molar-refractivity contribution in [3.05, 3.63) is 84.1 Å². The van der Waals surface area contributed by atoms with Gasteiger partial charge in [0, 0.05) is 28.7 Å². The summed E-state index contributed by atoms with van der Waals surface area (Å²) in [5.74, 6) is 1.65. The molecule has 0 unspecified atom stereocenters. The number of amides is 2. The Labute approximate surface area is 193 Å². The number of anilines is 3. The lowest BCUT2D eigenvalue weighted by Gasteiger charge is -2.24. The third-order valence-corrected chi connectivity index (χ3v) is 5.43. The van der Waals surface area contributed by atoms with Crippen LogP contribution in [-0.4, -0.2) is 11.0 Å². The van der Waals surface area contributed by atoms with Crippen molar-refractivity contribution in [2.24, 2.45) is 0 Å². The lowest BCUT2D eigenvalue weighted by Crippen LogP contribution is -2.23. The summed E-state index contributed by atoms with van der Waals surface area (Å²) in [7, 11) is 0. The predicted octanol–water partition coefficient (Wildman–Crippen LogP) is 6.86. The number of urea groups is 1. The number of aryl methyl sites for hydroxylation is 1. The molecule has 0 spiro atoms. The third-order valence-electron chi connectivity index (χ3n) is 5.43. The second kappa shape index (κ2) is 8.82. The Morgan fingerprint density at radius 3 is 2.42 bits per heavy atom. The van der Waals surface area contributed by atoms with E-state index in [2.05, 4.69) is 42.5 Å². The number of nitrogens with one attached hydrogen (secondary N) is 2. The van der Waals surface area contributed by atoms with Gasteiger partial charge in [0.2, 0.25) is 0 Å². The van der Waals surface area contributed by atoms with Gasteiger partial charge in [-0.2, -0.15) is 0 Å². The second-order valence-electron chi connectivity index (χ2n) is 9.00. The maximum Gasteiger partial charge on any atom is 0.323 e. The van der Waals surface area contributed by atoms with Crippen LogP contribution in [0.15, 0.2) is 72.9 Å². The van der Waals surface area contributed by atoms with E-state index in [-0.39, 0.29) is 11.4 Å². The van der Waals surface area contributed by atoms with Crippen molar-refractivity contribution in [3.8, 4) is 11.5 Å². The smallest absolute Gasteiger partial charge is 0.323 e. The molecule has 0 fully saturated rings. The molecule has 0 atom stereocenters. The molecular weight excluding hydrogens is 412 g/mol. The SMILES string of the molecule is Cc1cccc(C(C)(C)C)c1NC(=O)Nc1ccc(Oc2ccnc(N)c2)c2ccccc12. The quantitative estimate of drug-likeness (QED) is 0.323. The van der Waals surface area contributed by atoms with E-state index in [4.69, 9.17) is 10.5 Å². The minimum Gasteiger partial charge on any atom is -0.457 e. The fourth-order valence-corrected chi connectivity index (χ4v) is 3.81. The molecule has 3 aromatic carbocycles. The van der Waals surface area contributed by atoms with Crippen LogP contribution in [0.2, 0.25) is 0 Å². The van der Waals surface area contributed by atoms with Gasteiger partial charge in [0.15, 0.2) is 0 Å². The summed E-state index contributed by atoms with van der Waals surface area (Å²) >= 11 is 0. The maximum atomic E-state index is 13.0. The lowest BCUT2D eigenvalue weighted by molar-refractivity contribution is 0.262. The number of ether oxygens (including phenoxy) is 1. The molecule has 0 saturated heterocycles. The Hall–Kier alpha value is -4.06. The summed E-state index contributed by atoms with van der Waals surface area (Å²) in [6.07, 6.45) is 1.60. The normalized spacial score (nSPS) is 11.3. The zero-order valence-corrected chi connectivity index (χ0v) is 19.3. The van der Waals surface area contributed by atoms with E-state index >= 15 is 0 Å². The number of para-hydroxylation sites is 1. The summed E-state index contributed by atoms with van der Waals surface area (Å²) in [6.45, 7) is 8.40. The summed E-state index contributed by atoms with van der Waals surface area (Å²) < 4.78 is 6.05. The Kier molecular flexibility index (Phi) is 5.92. The number of rotatable bonds is 4. The highest BCUT2D eigenvalue weighted by atomic mass is 16.5. The van der Waals surface area contributed by atoms with Gasteiger partial charge >= 0.3 is 6.03 Å². The van der Waals surface area contributed by atoms with E-state index in [1.807, 2.05) is 55.5 Å². The highest BCUT2D eigenvalue weighted by Gasteiger charge is 2.20. The average molecular weight is 441 g/mol. The fraction of sp³-hybridized carbons (Fsp3) is 0.185. The number of carbonyl (C=O) groups is 1. The van der Waals surface area contributed by atoms with Gasteiger partial charge in [0.1, 0.15) is 17.3 Å². The van der Waals surface area contributed by atoms with Crippen LogP contribution < -0.4 is 21.1 Å². The molecule has 0 aliphatic heterocycles. The molecule has 4 aromatic rings. The minimum absolute atomic E-state index is 0.101. The van der Waals surface area contributed by atoms with Crippen LogP contribution in [0.3, 0.4) is 0 Å².